The number of nitrogens with zero attached hydrogens (tertiary/aromatic N) is 1. The van der Waals surface area contributed by atoms with Crippen molar-refractivity contribution in [2.45, 2.75) is 19.4 Å². The van der Waals surface area contributed by atoms with Crippen LogP contribution in [0.5, 0.6) is 11.5 Å². The van der Waals surface area contributed by atoms with E-state index in [2.05, 4.69) is 20.6 Å². The Balaban J connectivity index is 1.47. The summed E-state index contributed by atoms with van der Waals surface area (Å²) in [7, 11) is 3.35. The van der Waals surface area contributed by atoms with Gasteiger partial charge < -0.3 is 25.1 Å². The van der Waals surface area contributed by atoms with Gasteiger partial charge in [-0.1, -0.05) is 12.1 Å². The number of nitrogens with one attached hydrogen (secondary N) is 3. The summed E-state index contributed by atoms with van der Waals surface area (Å²) in [4.78, 5) is 7.42. The van der Waals surface area contributed by atoms with Crippen molar-refractivity contribution < 1.29 is 13.9 Å². The molecule has 1 unspecified atom stereocenters. The van der Waals surface area contributed by atoms with Gasteiger partial charge in [0.25, 0.3) is 0 Å². The number of H-pyrrole nitrogens is 1. The van der Waals surface area contributed by atoms with Gasteiger partial charge in [-0.3, -0.25) is 4.99 Å². The quantitative estimate of drug-likeness (QED) is 0.401. The number of aliphatic imine (C=N–C) groups is 1. The molecule has 6 nitrogen and oxygen atoms in total. The van der Waals surface area contributed by atoms with Crippen LogP contribution < -0.4 is 20.1 Å². The van der Waals surface area contributed by atoms with Gasteiger partial charge in [0.2, 0.25) is 0 Å². The van der Waals surface area contributed by atoms with Crippen molar-refractivity contribution in [1.29, 1.82) is 0 Å². The van der Waals surface area contributed by atoms with Crippen LogP contribution in [0.2, 0.25) is 0 Å². The van der Waals surface area contributed by atoms with Crippen molar-refractivity contribution in [2.75, 3.05) is 27.2 Å². The number of para-hydroxylation sites is 2. The van der Waals surface area contributed by atoms with Gasteiger partial charge in [-0.25, -0.2) is 4.39 Å². The first-order valence-electron chi connectivity index (χ1n) is 9.60. The molecule has 3 N–H and O–H groups in total. The minimum absolute atomic E-state index is 0.0820. The zero-order valence-electron chi connectivity index (χ0n) is 17.0. The van der Waals surface area contributed by atoms with Crippen LogP contribution in [0.3, 0.4) is 0 Å². The number of guanidine groups is 1. The summed E-state index contributed by atoms with van der Waals surface area (Å²) >= 11 is 0. The predicted octanol–water partition coefficient (Wildman–Crippen LogP) is 3.49. The zero-order valence-corrected chi connectivity index (χ0v) is 17.0. The first kappa shape index (κ1) is 20.5. The Kier molecular flexibility index (Phi) is 6.94. The maximum atomic E-state index is 13.5. The van der Waals surface area contributed by atoms with Crippen LogP contribution in [0.15, 0.2) is 53.7 Å². The van der Waals surface area contributed by atoms with Crippen LogP contribution in [-0.4, -0.2) is 44.3 Å². The summed E-state index contributed by atoms with van der Waals surface area (Å²) in [5.41, 5.74) is 2.00. The molecule has 3 rings (SSSR count). The highest BCUT2D eigenvalue weighted by Gasteiger charge is 2.10. The Morgan fingerprint density at radius 1 is 1.17 bits per heavy atom. The number of fused-ring (bicyclic) bond motifs is 1. The van der Waals surface area contributed by atoms with Crippen molar-refractivity contribution in [3.05, 3.63) is 60.0 Å². The van der Waals surface area contributed by atoms with Gasteiger partial charge in [0, 0.05) is 30.7 Å². The minimum atomic E-state index is -0.229. The molecule has 154 valence electrons. The third-order valence-corrected chi connectivity index (χ3v) is 4.59. The van der Waals surface area contributed by atoms with Crippen LogP contribution in [0.25, 0.3) is 10.9 Å². The molecular weight excluding hydrogens is 371 g/mol. The summed E-state index contributed by atoms with van der Waals surface area (Å²) in [5, 5.41) is 7.45. The third-order valence-electron chi connectivity index (χ3n) is 4.59. The number of hydrogen-bond acceptors (Lipinski definition) is 3. The standard InChI is InChI=1S/C22H27FN4O2/c1-15(29-21-7-5-4-6-20(21)28-3)13-27-22(24-2)25-11-10-16-14-26-19-9-8-17(23)12-18(16)19/h4-9,12,14-15,26H,10-11,13H2,1-3H3,(H2,24,25,27). The van der Waals surface area contributed by atoms with Gasteiger partial charge in [-0.05, 0) is 49.2 Å². The number of rotatable bonds is 8. The van der Waals surface area contributed by atoms with E-state index in [1.807, 2.05) is 37.4 Å². The number of aromatic amines is 1. The SMILES string of the molecule is CN=C(NCCc1c[nH]c2ccc(F)cc12)NCC(C)Oc1ccccc1OC. The van der Waals surface area contributed by atoms with Crippen LogP contribution in [0.4, 0.5) is 4.39 Å². The molecule has 0 spiro atoms. The van der Waals surface area contributed by atoms with Gasteiger partial charge in [0.05, 0.1) is 13.7 Å². The van der Waals surface area contributed by atoms with E-state index in [-0.39, 0.29) is 11.9 Å². The average molecular weight is 398 g/mol. The highest BCUT2D eigenvalue weighted by atomic mass is 19.1. The van der Waals surface area contributed by atoms with Crippen LogP contribution in [0, 0.1) is 5.82 Å². The predicted molar refractivity (Wildman–Crippen MR) is 114 cm³/mol. The van der Waals surface area contributed by atoms with E-state index in [0.717, 1.165) is 22.9 Å². The summed E-state index contributed by atoms with van der Waals surface area (Å²) in [6, 6.07) is 12.3. The second kappa shape index (κ2) is 9.82. The van der Waals surface area contributed by atoms with Crippen molar-refractivity contribution >= 4 is 16.9 Å². The lowest BCUT2D eigenvalue weighted by atomic mass is 10.1. The molecule has 0 radical (unpaired) electrons. The lowest BCUT2D eigenvalue weighted by Gasteiger charge is -2.19. The van der Waals surface area contributed by atoms with Crippen LogP contribution in [0.1, 0.15) is 12.5 Å². The molecule has 29 heavy (non-hydrogen) atoms. The summed E-state index contributed by atoms with van der Waals surface area (Å²) in [6.45, 7) is 3.23. The molecule has 0 aliphatic rings. The second-order valence-electron chi connectivity index (χ2n) is 6.71. The summed E-state index contributed by atoms with van der Waals surface area (Å²) in [6.07, 6.45) is 2.59. The van der Waals surface area contributed by atoms with Crippen LogP contribution >= 0.6 is 0 Å². The molecule has 1 atom stereocenters. The number of aromatic nitrogens is 1. The number of halogens is 1. The fourth-order valence-electron chi connectivity index (χ4n) is 3.11. The molecule has 1 heterocycles. The first-order valence-corrected chi connectivity index (χ1v) is 9.60. The van der Waals surface area contributed by atoms with Crippen molar-refractivity contribution in [3.63, 3.8) is 0 Å². The zero-order chi connectivity index (χ0) is 20.6. The first-order chi connectivity index (χ1) is 14.1. The molecule has 0 aliphatic heterocycles. The topological polar surface area (TPSA) is 70.7 Å². The summed E-state index contributed by atoms with van der Waals surface area (Å²) in [5.74, 6) is 1.87. The van der Waals surface area contributed by atoms with Crippen molar-refractivity contribution in [2.24, 2.45) is 4.99 Å². The van der Waals surface area contributed by atoms with E-state index < -0.39 is 0 Å². The van der Waals surface area contributed by atoms with E-state index >= 15 is 0 Å². The maximum Gasteiger partial charge on any atom is 0.191 e. The van der Waals surface area contributed by atoms with Crippen molar-refractivity contribution in [1.82, 2.24) is 15.6 Å². The van der Waals surface area contributed by atoms with Gasteiger partial charge >= 0.3 is 0 Å². The molecule has 0 amide bonds. The molecule has 0 saturated heterocycles. The van der Waals surface area contributed by atoms with Crippen molar-refractivity contribution in [3.8, 4) is 11.5 Å². The average Bonchev–Trinajstić information content (AvgIpc) is 3.13. The van der Waals surface area contributed by atoms with E-state index in [0.29, 0.717) is 30.5 Å². The lowest BCUT2D eigenvalue weighted by molar-refractivity contribution is 0.213. The highest BCUT2D eigenvalue weighted by molar-refractivity contribution is 5.83. The fraction of sp³-hybridized carbons (Fsp3) is 0.318. The van der Waals surface area contributed by atoms with E-state index in [1.54, 1.807) is 26.3 Å². The Labute approximate surface area is 170 Å². The Bertz CT molecular complexity index is 970. The molecule has 0 saturated carbocycles. The Hall–Kier alpha value is -3.22. The van der Waals surface area contributed by atoms with Gasteiger partial charge in [0.1, 0.15) is 11.9 Å². The van der Waals surface area contributed by atoms with E-state index in [4.69, 9.17) is 9.47 Å². The second-order valence-corrected chi connectivity index (χ2v) is 6.71. The number of hydrogen-bond donors (Lipinski definition) is 3. The molecule has 0 fully saturated rings. The van der Waals surface area contributed by atoms with Gasteiger partial charge in [0.15, 0.2) is 17.5 Å². The molecule has 2 aromatic carbocycles. The molecule has 3 aromatic rings. The molecule has 0 aliphatic carbocycles. The van der Waals surface area contributed by atoms with E-state index in [9.17, 15) is 4.39 Å². The third kappa shape index (κ3) is 5.40. The molecule has 0 bridgehead atoms. The van der Waals surface area contributed by atoms with Crippen LogP contribution in [-0.2, 0) is 6.42 Å². The maximum absolute atomic E-state index is 13.5. The number of ether oxygens (including phenoxy) is 2. The summed E-state index contributed by atoms with van der Waals surface area (Å²) < 4.78 is 24.8. The largest absolute Gasteiger partial charge is 0.493 e. The lowest BCUT2D eigenvalue weighted by Crippen LogP contribution is -2.42. The number of benzene rings is 2. The smallest absolute Gasteiger partial charge is 0.191 e. The monoisotopic (exact) mass is 398 g/mol. The Morgan fingerprint density at radius 2 is 1.97 bits per heavy atom. The fourth-order valence-corrected chi connectivity index (χ4v) is 3.11. The van der Waals surface area contributed by atoms with E-state index in [1.165, 1.54) is 6.07 Å². The van der Waals surface area contributed by atoms with Gasteiger partial charge in [-0.15, -0.1) is 0 Å². The number of methoxy groups -OCH3 is 1. The molecular formula is C22H27FN4O2. The highest BCUT2D eigenvalue weighted by Crippen LogP contribution is 2.26. The van der Waals surface area contributed by atoms with Gasteiger partial charge in [-0.2, -0.15) is 0 Å². The normalized spacial score (nSPS) is 12.6. The molecule has 1 aromatic heterocycles. The minimum Gasteiger partial charge on any atom is -0.493 e. The Morgan fingerprint density at radius 3 is 2.72 bits per heavy atom. The molecule has 7 heteroatoms.